The number of esters is 3. The molecule has 0 saturated carbocycles. The molecule has 0 amide bonds. The molecule has 0 aromatic rings. The number of unbranched alkanes of at least 4 members (excludes halogenated alkanes) is 25. The number of hydrogen-bond donors (Lipinski definition) is 0. The van der Waals surface area contributed by atoms with Crippen LogP contribution in [0.5, 0.6) is 0 Å². The van der Waals surface area contributed by atoms with Crippen molar-refractivity contribution in [3.63, 3.8) is 0 Å². The van der Waals surface area contributed by atoms with Gasteiger partial charge in [0.25, 0.3) is 0 Å². The number of hydrogen-bond acceptors (Lipinski definition) is 6. The van der Waals surface area contributed by atoms with Gasteiger partial charge in [-0.2, -0.15) is 0 Å². The Balaban J connectivity index is 4.47. The van der Waals surface area contributed by atoms with E-state index in [9.17, 15) is 14.4 Å². The molecule has 0 radical (unpaired) electrons. The lowest BCUT2D eigenvalue weighted by molar-refractivity contribution is -0.167. The van der Waals surface area contributed by atoms with Crippen molar-refractivity contribution in [1.29, 1.82) is 0 Å². The summed E-state index contributed by atoms with van der Waals surface area (Å²) in [6.07, 6.45) is 76.8. The number of allylic oxidation sites excluding steroid dienone is 16. The Hall–Kier alpha value is -3.67. The maximum absolute atomic E-state index is 12.9. The number of rotatable bonds is 52. The fourth-order valence-corrected chi connectivity index (χ4v) is 7.95. The van der Waals surface area contributed by atoms with Gasteiger partial charge in [-0.3, -0.25) is 14.4 Å². The van der Waals surface area contributed by atoms with Crippen molar-refractivity contribution in [2.24, 2.45) is 0 Å². The molecule has 0 bridgehead atoms. The fourth-order valence-electron chi connectivity index (χ4n) is 7.95. The minimum Gasteiger partial charge on any atom is -0.462 e. The maximum Gasteiger partial charge on any atom is 0.306 e. The predicted octanol–water partition coefficient (Wildman–Crippen LogP) is 19.7. The second kappa shape index (κ2) is 57.9. The minimum atomic E-state index is -0.800. The summed E-state index contributed by atoms with van der Waals surface area (Å²) < 4.78 is 16.8. The van der Waals surface area contributed by atoms with E-state index in [1.165, 1.54) is 122 Å². The quantitative estimate of drug-likeness (QED) is 0.0262. The Kier molecular flexibility index (Phi) is 54.9. The van der Waals surface area contributed by atoms with E-state index in [4.69, 9.17) is 14.2 Å². The molecule has 1 unspecified atom stereocenters. The van der Waals surface area contributed by atoms with Crippen LogP contribution in [0.2, 0.25) is 0 Å². The lowest BCUT2D eigenvalue weighted by Crippen LogP contribution is -2.30. The van der Waals surface area contributed by atoms with Crippen LogP contribution in [0.25, 0.3) is 0 Å². The molecule has 0 aliphatic heterocycles. The van der Waals surface area contributed by atoms with Gasteiger partial charge in [-0.15, -0.1) is 0 Å². The second-order valence-electron chi connectivity index (χ2n) is 19.2. The summed E-state index contributed by atoms with van der Waals surface area (Å²) in [4.78, 5) is 38.2. The summed E-state index contributed by atoms with van der Waals surface area (Å²) in [5, 5.41) is 0. The molecule has 1 atom stereocenters. The molecule has 0 aromatic carbocycles. The standard InChI is InChI=1S/C64H108O6/c1-4-7-10-13-16-19-22-25-28-30-31-32-33-35-36-39-42-45-48-51-54-57-63(66)69-60-61(59-68-62(65)56-53-50-47-44-41-38-27-24-21-18-15-12-9-6-3)70-64(67)58-55-52-49-46-43-40-37-34-29-26-23-20-17-14-11-8-5-2/h7,10,16-17,19-20,25-26,28-29,31-32,35-36,42,45,61H,4-6,8-9,11-15,18,21-24,27,30,33-34,37-41,43-44,46-60H2,1-3H3/b10-7-,19-16-,20-17-,28-25-,29-26-,32-31-,36-35-,45-42-. The monoisotopic (exact) mass is 973 g/mol. The van der Waals surface area contributed by atoms with Gasteiger partial charge in [0.1, 0.15) is 13.2 Å². The normalized spacial score (nSPS) is 12.8. The van der Waals surface area contributed by atoms with Gasteiger partial charge in [0.05, 0.1) is 0 Å². The van der Waals surface area contributed by atoms with Crippen LogP contribution >= 0.6 is 0 Å². The first kappa shape index (κ1) is 66.3. The first-order valence-electron chi connectivity index (χ1n) is 29.2. The molecule has 6 heteroatoms. The molecule has 0 heterocycles. The Bertz CT molecular complexity index is 1400. The maximum atomic E-state index is 12.9. The number of carbonyl (C=O) groups excluding carboxylic acids is 3. The van der Waals surface area contributed by atoms with E-state index >= 15 is 0 Å². The highest BCUT2D eigenvalue weighted by molar-refractivity contribution is 5.71. The van der Waals surface area contributed by atoms with Crippen LogP contribution < -0.4 is 0 Å². The van der Waals surface area contributed by atoms with Crippen LogP contribution in [0.1, 0.15) is 271 Å². The third kappa shape index (κ3) is 55.3. The van der Waals surface area contributed by atoms with Gasteiger partial charge in [0, 0.05) is 19.3 Å². The molecule has 0 aromatic heterocycles. The molecule has 0 saturated heterocycles. The van der Waals surface area contributed by atoms with Crippen molar-refractivity contribution < 1.29 is 28.6 Å². The molecule has 0 aliphatic rings. The third-order valence-electron chi connectivity index (χ3n) is 12.3. The van der Waals surface area contributed by atoms with Gasteiger partial charge in [-0.05, 0) is 103 Å². The van der Waals surface area contributed by atoms with Crippen molar-refractivity contribution in [1.82, 2.24) is 0 Å². The largest absolute Gasteiger partial charge is 0.462 e. The first-order chi connectivity index (χ1) is 34.5. The minimum absolute atomic E-state index is 0.0932. The number of carbonyl (C=O) groups is 3. The zero-order valence-corrected chi connectivity index (χ0v) is 45.8. The summed E-state index contributed by atoms with van der Waals surface area (Å²) in [6.45, 7) is 6.47. The molecule has 0 rings (SSSR count). The average Bonchev–Trinajstić information content (AvgIpc) is 3.36. The highest BCUT2D eigenvalue weighted by atomic mass is 16.6. The topological polar surface area (TPSA) is 78.9 Å². The first-order valence-corrected chi connectivity index (χ1v) is 29.2. The van der Waals surface area contributed by atoms with E-state index < -0.39 is 6.10 Å². The smallest absolute Gasteiger partial charge is 0.306 e. The zero-order valence-electron chi connectivity index (χ0n) is 45.8. The highest BCUT2D eigenvalue weighted by Gasteiger charge is 2.19. The van der Waals surface area contributed by atoms with Crippen LogP contribution in [0.4, 0.5) is 0 Å². The SMILES string of the molecule is CC/C=C\C/C=C\C/C=C\C/C=C\C/C=C\C/C=C\CCCCC(=O)OCC(COC(=O)CCCCCCCCCCCCCCCC)OC(=O)CCCCCCCCC/C=C\C/C=C\CCCCC. The van der Waals surface area contributed by atoms with E-state index in [0.29, 0.717) is 19.3 Å². The summed E-state index contributed by atoms with van der Waals surface area (Å²) in [7, 11) is 0. The van der Waals surface area contributed by atoms with Crippen molar-refractivity contribution in [2.45, 2.75) is 277 Å². The molecule has 400 valence electrons. The van der Waals surface area contributed by atoms with Gasteiger partial charge in [-0.25, -0.2) is 0 Å². The van der Waals surface area contributed by atoms with E-state index in [2.05, 4.69) is 118 Å². The molecule has 0 N–H and O–H groups in total. The lowest BCUT2D eigenvalue weighted by atomic mass is 10.0. The van der Waals surface area contributed by atoms with Gasteiger partial charge >= 0.3 is 17.9 Å². The van der Waals surface area contributed by atoms with Crippen LogP contribution in [-0.4, -0.2) is 37.2 Å². The van der Waals surface area contributed by atoms with E-state index in [1.807, 2.05) is 0 Å². The van der Waals surface area contributed by atoms with Gasteiger partial charge in [0.2, 0.25) is 0 Å². The molecule has 0 spiro atoms. The molecule has 6 nitrogen and oxygen atoms in total. The van der Waals surface area contributed by atoms with Gasteiger partial charge in [0.15, 0.2) is 6.10 Å². The Morgan fingerprint density at radius 2 is 0.557 bits per heavy atom. The summed E-state index contributed by atoms with van der Waals surface area (Å²) in [6, 6.07) is 0. The van der Waals surface area contributed by atoms with Gasteiger partial charge in [-0.1, -0.05) is 246 Å². The molecule has 70 heavy (non-hydrogen) atoms. The van der Waals surface area contributed by atoms with Gasteiger partial charge < -0.3 is 14.2 Å². The van der Waals surface area contributed by atoms with E-state index in [0.717, 1.165) is 109 Å². The van der Waals surface area contributed by atoms with Crippen molar-refractivity contribution >= 4 is 17.9 Å². The Labute approximate surface area is 432 Å². The van der Waals surface area contributed by atoms with Crippen LogP contribution in [0.15, 0.2) is 97.2 Å². The van der Waals surface area contributed by atoms with Crippen molar-refractivity contribution in [3.8, 4) is 0 Å². The predicted molar refractivity (Wildman–Crippen MR) is 302 cm³/mol. The molecular weight excluding hydrogens is 865 g/mol. The summed E-state index contributed by atoms with van der Waals surface area (Å²) in [5.74, 6) is -0.941. The van der Waals surface area contributed by atoms with Crippen molar-refractivity contribution in [2.75, 3.05) is 13.2 Å². The van der Waals surface area contributed by atoms with Crippen molar-refractivity contribution in [3.05, 3.63) is 97.2 Å². The third-order valence-corrected chi connectivity index (χ3v) is 12.3. The zero-order chi connectivity index (χ0) is 50.7. The Morgan fingerprint density at radius 1 is 0.300 bits per heavy atom. The fraction of sp³-hybridized carbons (Fsp3) is 0.703. The second-order valence-corrected chi connectivity index (χ2v) is 19.2. The molecule has 0 aliphatic carbocycles. The molecular formula is C64H108O6. The highest BCUT2D eigenvalue weighted by Crippen LogP contribution is 2.15. The lowest BCUT2D eigenvalue weighted by Gasteiger charge is -2.18. The Morgan fingerprint density at radius 3 is 0.929 bits per heavy atom. The van der Waals surface area contributed by atoms with Crippen LogP contribution in [0, 0.1) is 0 Å². The summed E-state index contributed by atoms with van der Waals surface area (Å²) >= 11 is 0. The average molecular weight is 974 g/mol. The van der Waals surface area contributed by atoms with Crippen LogP contribution in [-0.2, 0) is 28.6 Å². The summed E-state index contributed by atoms with van der Waals surface area (Å²) in [5.41, 5.74) is 0. The molecule has 0 fully saturated rings. The van der Waals surface area contributed by atoms with E-state index in [1.54, 1.807) is 0 Å². The number of ether oxygens (including phenoxy) is 3. The van der Waals surface area contributed by atoms with Crippen LogP contribution in [0.3, 0.4) is 0 Å². The van der Waals surface area contributed by atoms with E-state index in [-0.39, 0.29) is 31.1 Å².